The van der Waals surface area contributed by atoms with E-state index in [1.54, 1.807) is 54.5 Å². The quantitative estimate of drug-likeness (QED) is 0.731. The molecular weight excluding hydrogens is 367 g/mol. The lowest BCUT2D eigenvalue weighted by Crippen LogP contribution is -2.39. The standard InChI is InChI=1S/C20H31FN2O5/c1-13(22-17(24)27-19(2,3)4)11-26-12-14-8-9-15(21)16(10-14)23-18(25)28-20(5,6)7/h8-10,13H,11-12H2,1-7H3,(H,22,24)(H,23,25)/t13-/m1/s1. The third-order valence-electron chi connectivity index (χ3n) is 3.07. The second-order valence-electron chi connectivity index (χ2n) is 8.50. The summed E-state index contributed by atoms with van der Waals surface area (Å²) in [6.07, 6.45) is -1.26. The van der Waals surface area contributed by atoms with E-state index >= 15 is 0 Å². The molecule has 158 valence electrons. The molecule has 8 heteroatoms. The highest BCUT2D eigenvalue weighted by Gasteiger charge is 2.19. The molecule has 28 heavy (non-hydrogen) atoms. The SMILES string of the molecule is C[C@H](COCc1ccc(F)c(NC(=O)OC(C)(C)C)c1)NC(=O)OC(C)(C)C. The fourth-order valence-electron chi connectivity index (χ4n) is 2.08. The minimum atomic E-state index is -0.736. The molecule has 2 amide bonds. The zero-order chi connectivity index (χ0) is 21.5. The van der Waals surface area contributed by atoms with Crippen LogP contribution < -0.4 is 10.6 Å². The van der Waals surface area contributed by atoms with Crippen LogP contribution in [0.4, 0.5) is 19.7 Å². The number of alkyl carbamates (subject to hydrolysis) is 1. The number of rotatable bonds is 6. The lowest BCUT2D eigenvalue weighted by atomic mass is 10.2. The number of amides is 2. The molecule has 0 heterocycles. The summed E-state index contributed by atoms with van der Waals surface area (Å²) in [6, 6.07) is 4.01. The lowest BCUT2D eigenvalue weighted by Gasteiger charge is -2.22. The van der Waals surface area contributed by atoms with E-state index in [4.69, 9.17) is 14.2 Å². The first-order valence-corrected chi connectivity index (χ1v) is 9.11. The molecule has 0 aliphatic carbocycles. The first-order valence-electron chi connectivity index (χ1n) is 9.11. The molecule has 0 fully saturated rings. The lowest BCUT2D eigenvalue weighted by molar-refractivity contribution is 0.0442. The van der Waals surface area contributed by atoms with Crippen molar-refractivity contribution in [2.24, 2.45) is 0 Å². The van der Waals surface area contributed by atoms with Crippen molar-refractivity contribution in [1.29, 1.82) is 0 Å². The Morgan fingerprint density at radius 1 is 1.04 bits per heavy atom. The monoisotopic (exact) mass is 398 g/mol. The summed E-state index contributed by atoms with van der Waals surface area (Å²) >= 11 is 0. The first kappa shape index (κ1) is 23.7. The predicted octanol–water partition coefficient (Wildman–Crippen LogP) is 4.60. The van der Waals surface area contributed by atoms with Crippen LogP contribution in [0.2, 0.25) is 0 Å². The van der Waals surface area contributed by atoms with Crippen LogP contribution in [-0.4, -0.2) is 36.0 Å². The van der Waals surface area contributed by atoms with Gasteiger partial charge in [-0.25, -0.2) is 14.0 Å². The van der Waals surface area contributed by atoms with Crippen LogP contribution in [0.5, 0.6) is 0 Å². The fraction of sp³-hybridized carbons (Fsp3) is 0.600. The van der Waals surface area contributed by atoms with Gasteiger partial charge >= 0.3 is 12.2 Å². The number of carbonyl (C=O) groups excluding carboxylic acids is 2. The van der Waals surface area contributed by atoms with Crippen molar-refractivity contribution < 1.29 is 28.2 Å². The highest BCUT2D eigenvalue weighted by Crippen LogP contribution is 2.18. The molecule has 0 radical (unpaired) electrons. The maximum absolute atomic E-state index is 13.9. The van der Waals surface area contributed by atoms with Crippen LogP contribution >= 0.6 is 0 Å². The van der Waals surface area contributed by atoms with Crippen molar-refractivity contribution in [2.45, 2.75) is 72.3 Å². The first-order chi connectivity index (χ1) is 12.7. The van der Waals surface area contributed by atoms with Gasteiger partial charge in [-0.05, 0) is 66.2 Å². The second kappa shape index (κ2) is 9.73. The second-order valence-corrected chi connectivity index (χ2v) is 8.50. The van der Waals surface area contributed by atoms with Gasteiger partial charge in [-0.15, -0.1) is 0 Å². The third kappa shape index (κ3) is 10.1. The van der Waals surface area contributed by atoms with Gasteiger partial charge in [0.25, 0.3) is 0 Å². The molecular formula is C20H31FN2O5. The summed E-state index contributed by atoms with van der Waals surface area (Å²) in [5, 5.41) is 5.06. The van der Waals surface area contributed by atoms with Crippen LogP contribution in [0, 0.1) is 5.82 Å². The Morgan fingerprint density at radius 3 is 2.18 bits per heavy atom. The Bertz CT molecular complexity index is 680. The van der Waals surface area contributed by atoms with E-state index in [2.05, 4.69) is 10.6 Å². The summed E-state index contributed by atoms with van der Waals surface area (Å²) in [5.41, 5.74) is -0.582. The largest absolute Gasteiger partial charge is 0.444 e. The minimum Gasteiger partial charge on any atom is -0.444 e. The van der Waals surface area contributed by atoms with Crippen LogP contribution in [-0.2, 0) is 20.8 Å². The van der Waals surface area contributed by atoms with Crippen molar-refractivity contribution in [2.75, 3.05) is 11.9 Å². The van der Waals surface area contributed by atoms with Crippen molar-refractivity contribution in [3.63, 3.8) is 0 Å². The van der Waals surface area contributed by atoms with E-state index in [0.29, 0.717) is 5.56 Å². The molecule has 0 saturated carbocycles. The number of halogens is 1. The molecule has 0 aromatic heterocycles. The average Bonchev–Trinajstić information content (AvgIpc) is 2.46. The number of carbonyl (C=O) groups is 2. The molecule has 1 aromatic rings. The summed E-state index contributed by atoms with van der Waals surface area (Å²) < 4.78 is 29.8. The van der Waals surface area contributed by atoms with Crippen molar-refractivity contribution in [1.82, 2.24) is 5.32 Å². The Labute approximate surface area is 165 Å². The smallest absolute Gasteiger partial charge is 0.412 e. The molecule has 7 nitrogen and oxygen atoms in total. The van der Waals surface area contributed by atoms with Gasteiger partial charge in [-0.2, -0.15) is 0 Å². The molecule has 2 N–H and O–H groups in total. The van der Waals surface area contributed by atoms with E-state index in [1.165, 1.54) is 12.1 Å². The molecule has 0 bridgehead atoms. The Balaban J connectivity index is 2.53. The van der Waals surface area contributed by atoms with Gasteiger partial charge < -0.3 is 19.5 Å². The maximum Gasteiger partial charge on any atom is 0.412 e. The van der Waals surface area contributed by atoms with Crippen LogP contribution in [0.3, 0.4) is 0 Å². The van der Waals surface area contributed by atoms with Gasteiger partial charge in [-0.1, -0.05) is 6.07 Å². The molecule has 0 unspecified atom stereocenters. The van der Waals surface area contributed by atoms with E-state index in [-0.39, 0.29) is 24.9 Å². The van der Waals surface area contributed by atoms with Crippen molar-refractivity contribution >= 4 is 17.9 Å². The van der Waals surface area contributed by atoms with Crippen LogP contribution in [0.1, 0.15) is 54.0 Å². The van der Waals surface area contributed by atoms with Gasteiger partial charge in [0.15, 0.2) is 0 Å². The molecule has 0 saturated heterocycles. The Hall–Kier alpha value is -2.35. The van der Waals surface area contributed by atoms with Gasteiger partial charge in [0.1, 0.15) is 17.0 Å². The molecule has 1 atom stereocenters. The Morgan fingerprint density at radius 2 is 1.61 bits per heavy atom. The van der Waals surface area contributed by atoms with Gasteiger partial charge in [0, 0.05) is 0 Å². The van der Waals surface area contributed by atoms with Crippen molar-refractivity contribution in [3.05, 3.63) is 29.6 Å². The average molecular weight is 398 g/mol. The highest BCUT2D eigenvalue weighted by atomic mass is 19.1. The van der Waals surface area contributed by atoms with Crippen LogP contribution in [0.25, 0.3) is 0 Å². The highest BCUT2D eigenvalue weighted by molar-refractivity contribution is 5.85. The Kier molecular flexibility index (Phi) is 8.23. The number of hydrogen-bond donors (Lipinski definition) is 2. The van der Waals surface area contributed by atoms with Gasteiger partial charge in [0.05, 0.1) is 24.9 Å². The van der Waals surface area contributed by atoms with E-state index in [1.807, 2.05) is 0 Å². The third-order valence-corrected chi connectivity index (χ3v) is 3.07. The maximum atomic E-state index is 13.9. The number of hydrogen-bond acceptors (Lipinski definition) is 5. The number of nitrogens with one attached hydrogen (secondary N) is 2. The zero-order valence-electron chi connectivity index (χ0n) is 17.6. The van der Waals surface area contributed by atoms with E-state index in [0.717, 1.165) is 0 Å². The van der Waals surface area contributed by atoms with E-state index < -0.39 is 29.2 Å². The number of ether oxygens (including phenoxy) is 3. The molecule has 0 spiro atoms. The number of benzene rings is 1. The minimum absolute atomic E-state index is 0.00952. The summed E-state index contributed by atoms with van der Waals surface area (Å²) in [4.78, 5) is 23.5. The molecule has 0 aliphatic rings. The summed E-state index contributed by atoms with van der Waals surface area (Å²) in [5.74, 6) is -0.574. The van der Waals surface area contributed by atoms with Crippen molar-refractivity contribution in [3.8, 4) is 0 Å². The van der Waals surface area contributed by atoms with Crippen LogP contribution in [0.15, 0.2) is 18.2 Å². The zero-order valence-corrected chi connectivity index (χ0v) is 17.6. The fourth-order valence-corrected chi connectivity index (χ4v) is 2.08. The predicted molar refractivity (Wildman–Crippen MR) is 105 cm³/mol. The van der Waals surface area contributed by atoms with Gasteiger partial charge in [0.2, 0.25) is 0 Å². The van der Waals surface area contributed by atoms with E-state index in [9.17, 15) is 14.0 Å². The summed E-state index contributed by atoms with van der Waals surface area (Å²) in [7, 11) is 0. The molecule has 1 aromatic carbocycles. The molecule has 0 aliphatic heterocycles. The normalized spacial score (nSPS) is 12.9. The summed E-state index contributed by atoms with van der Waals surface area (Å²) in [6.45, 7) is 12.7. The number of anilines is 1. The van der Waals surface area contributed by atoms with Gasteiger partial charge in [-0.3, -0.25) is 5.32 Å². The topological polar surface area (TPSA) is 85.9 Å². The molecule has 1 rings (SSSR count).